The van der Waals surface area contributed by atoms with Crippen molar-refractivity contribution < 1.29 is 22.4 Å². The van der Waals surface area contributed by atoms with E-state index in [9.17, 15) is 22.4 Å². The van der Waals surface area contributed by atoms with E-state index in [1.54, 1.807) is 0 Å². The molecule has 0 spiro atoms. The van der Waals surface area contributed by atoms with Gasteiger partial charge in [-0.2, -0.15) is 18.3 Å². The minimum atomic E-state index is -4.65. The van der Waals surface area contributed by atoms with Crippen molar-refractivity contribution >= 4 is 6.29 Å². The smallest absolute Gasteiger partial charge is 0.298 e. The Bertz CT molecular complexity index is 589. The van der Waals surface area contributed by atoms with Gasteiger partial charge in [-0.1, -0.05) is 0 Å². The van der Waals surface area contributed by atoms with Gasteiger partial charge in [-0.3, -0.25) is 9.89 Å². The SMILES string of the molecule is O=Cc1ccc(F)c(-c2[nH]ncc2C(F)(F)F)c1. The number of rotatable bonds is 2. The van der Waals surface area contributed by atoms with Crippen molar-refractivity contribution in [3.63, 3.8) is 0 Å². The standard InChI is InChI=1S/C11H6F4N2O/c12-9-2-1-6(5-18)3-7(9)10-8(4-16-17-10)11(13,14)15/h1-5H,(H,16,17). The van der Waals surface area contributed by atoms with Crippen LogP contribution in [0.5, 0.6) is 0 Å². The summed E-state index contributed by atoms with van der Waals surface area (Å²) >= 11 is 0. The molecule has 0 saturated heterocycles. The van der Waals surface area contributed by atoms with Gasteiger partial charge in [-0.25, -0.2) is 4.39 Å². The fourth-order valence-electron chi connectivity index (χ4n) is 1.51. The molecule has 0 aliphatic carbocycles. The highest BCUT2D eigenvalue weighted by Crippen LogP contribution is 2.36. The molecule has 0 radical (unpaired) electrons. The number of alkyl halides is 3. The lowest BCUT2D eigenvalue weighted by Crippen LogP contribution is -2.06. The van der Waals surface area contributed by atoms with Crippen molar-refractivity contribution in [2.24, 2.45) is 0 Å². The molecular weight excluding hydrogens is 252 g/mol. The molecule has 0 bridgehead atoms. The first kappa shape index (κ1) is 12.3. The second kappa shape index (κ2) is 4.25. The number of aldehydes is 1. The predicted octanol–water partition coefficient (Wildman–Crippen LogP) is 3.05. The largest absolute Gasteiger partial charge is 0.420 e. The zero-order valence-electron chi connectivity index (χ0n) is 8.75. The number of nitrogens with zero attached hydrogens (tertiary/aromatic N) is 1. The number of H-pyrrole nitrogens is 1. The zero-order chi connectivity index (χ0) is 13.3. The molecule has 1 heterocycles. The van der Waals surface area contributed by atoms with Crippen LogP contribution in [0, 0.1) is 5.82 Å². The molecule has 2 rings (SSSR count). The zero-order valence-corrected chi connectivity index (χ0v) is 8.75. The van der Waals surface area contributed by atoms with Crippen LogP contribution in [0.25, 0.3) is 11.3 Å². The Morgan fingerprint density at radius 1 is 1.28 bits per heavy atom. The molecule has 0 aliphatic heterocycles. The van der Waals surface area contributed by atoms with Crippen LogP contribution in [0.15, 0.2) is 24.4 Å². The van der Waals surface area contributed by atoms with Gasteiger partial charge < -0.3 is 0 Å². The molecule has 1 N–H and O–H groups in total. The van der Waals surface area contributed by atoms with Gasteiger partial charge in [0.25, 0.3) is 0 Å². The first-order valence-corrected chi connectivity index (χ1v) is 4.79. The summed E-state index contributed by atoms with van der Waals surface area (Å²) in [6.45, 7) is 0. The molecule has 0 fully saturated rings. The van der Waals surface area contributed by atoms with Crippen LogP contribution in [0.4, 0.5) is 17.6 Å². The van der Waals surface area contributed by atoms with Gasteiger partial charge in [0.1, 0.15) is 17.7 Å². The Balaban J connectivity index is 2.62. The van der Waals surface area contributed by atoms with E-state index in [0.717, 1.165) is 12.1 Å². The quantitative estimate of drug-likeness (QED) is 0.664. The molecule has 1 aromatic carbocycles. The Kier molecular flexibility index (Phi) is 2.90. The van der Waals surface area contributed by atoms with Gasteiger partial charge in [0, 0.05) is 11.1 Å². The molecule has 1 aromatic heterocycles. The van der Waals surface area contributed by atoms with E-state index in [0.29, 0.717) is 12.5 Å². The number of hydrogen-bond acceptors (Lipinski definition) is 2. The van der Waals surface area contributed by atoms with Crippen molar-refractivity contribution in [3.05, 3.63) is 41.3 Å². The Hall–Kier alpha value is -2.18. The number of aromatic nitrogens is 2. The second-order valence-corrected chi connectivity index (χ2v) is 3.51. The highest BCUT2D eigenvalue weighted by atomic mass is 19.4. The average molecular weight is 258 g/mol. The fourth-order valence-corrected chi connectivity index (χ4v) is 1.51. The van der Waals surface area contributed by atoms with Gasteiger partial charge in [-0.05, 0) is 18.2 Å². The highest BCUT2D eigenvalue weighted by Gasteiger charge is 2.36. The Morgan fingerprint density at radius 3 is 2.61 bits per heavy atom. The summed E-state index contributed by atoms with van der Waals surface area (Å²) in [7, 11) is 0. The van der Waals surface area contributed by atoms with Gasteiger partial charge in [0.05, 0.1) is 11.9 Å². The third-order valence-corrected chi connectivity index (χ3v) is 2.34. The predicted molar refractivity (Wildman–Crippen MR) is 54.4 cm³/mol. The molecule has 7 heteroatoms. The average Bonchev–Trinajstić information content (AvgIpc) is 2.78. The van der Waals surface area contributed by atoms with Gasteiger partial charge >= 0.3 is 6.18 Å². The maximum atomic E-state index is 13.5. The van der Waals surface area contributed by atoms with Crippen LogP contribution >= 0.6 is 0 Å². The number of halogens is 4. The lowest BCUT2D eigenvalue weighted by atomic mass is 10.0. The number of benzene rings is 1. The summed E-state index contributed by atoms with van der Waals surface area (Å²) in [5.41, 5.74) is -1.84. The molecule has 2 aromatic rings. The van der Waals surface area contributed by atoms with Gasteiger partial charge in [0.2, 0.25) is 0 Å². The van der Waals surface area contributed by atoms with Gasteiger partial charge in [0.15, 0.2) is 0 Å². The first-order chi connectivity index (χ1) is 8.43. The number of carbonyl (C=O) groups is 1. The topological polar surface area (TPSA) is 45.8 Å². The Morgan fingerprint density at radius 2 is 2.00 bits per heavy atom. The van der Waals surface area contributed by atoms with Crippen molar-refractivity contribution in [3.8, 4) is 11.3 Å². The van der Waals surface area contributed by atoms with Crippen LogP contribution in [0.2, 0.25) is 0 Å². The van der Waals surface area contributed by atoms with E-state index in [1.807, 2.05) is 0 Å². The fraction of sp³-hybridized carbons (Fsp3) is 0.0909. The minimum Gasteiger partial charge on any atom is -0.298 e. The van der Waals surface area contributed by atoms with Crippen LogP contribution in [-0.4, -0.2) is 16.5 Å². The van der Waals surface area contributed by atoms with E-state index >= 15 is 0 Å². The maximum Gasteiger partial charge on any atom is 0.420 e. The first-order valence-electron chi connectivity index (χ1n) is 4.79. The summed E-state index contributed by atoms with van der Waals surface area (Å²) in [5, 5.41) is 5.36. The van der Waals surface area contributed by atoms with Crippen molar-refractivity contribution in [1.82, 2.24) is 10.2 Å². The molecular formula is C11H6F4N2O. The monoisotopic (exact) mass is 258 g/mol. The summed E-state index contributed by atoms with van der Waals surface area (Å²) < 4.78 is 51.4. The molecule has 0 amide bonds. The van der Waals surface area contributed by atoms with Crippen molar-refractivity contribution in [1.29, 1.82) is 0 Å². The number of hydrogen-bond donors (Lipinski definition) is 1. The van der Waals surface area contributed by atoms with Crippen molar-refractivity contribution in [2.45, 2.75) is 6.18 Å². The summed E-state index contributed by atoms with van der Waals surface area (Å²) in [4.78, 5) is 10.6. The van der Waals surface area contributed by atoms with Crippen LogP contribution in [-0.2, 0) is 6.18 Å². The van der Waals surface area contributed by atoms with E-state index in [4.69, 9.17) is 0 Å². The van der Waals surface area contributed by atoms with Crippen LogP contribution < -0.4 is 0 Å². The third kappa shape index (κ3) is 2.11. The van der Waals surface area contributed by atoms with Crippen LogP contribution in [0.3, 0.4) is 0 Å². The van der Waals surface area contributed by atoms with E-state index in [2.05, 4.69) is 10.2 Å². The summed E-state index contributed by atoms with van der Waals surface area (Å²) in [5.74, 6) is -0.865. The molecule has 18 heavy (non-hydrogen) atoms. The number of carbonyl (C=O) groups excluding carboxylic acids is 1. The van der Waals surface area contributed by atoms with E-state index < -0.39 is 23.3 Å². The van der Waals surface area contributed by atoms with Gasteiger partial charge in [-0.15, -0.1) is 0 Å². The van der Waals surface area contributed by atoms with E-state index in [-0.39, 0.29) is 11.1 Å². The molecule has 3 nitrogen and oxygen atoms in total. The molecule has 0 saturated carbocycles. The molecule has 0 unspecified atom stereocenters. The summed E-state index contributed by atoms with van der Waals surface area (Å²) in [6.07, 6.45) is -3.65. The Labute approximate surface area is 98.4 Å². The summed E-state index contributed by atoms with van der Waals surface area (Å²) in [6, 6.07) is 3.14. The molecule has 0 atom stereocenters. The third-order valence-electron chi connectivity index (χ3n) is 2.34. The molecule has 0 aliphatic rings. The van der Waals surface area contributed by atoms with E-state index in [1.165, 1.54) is 6.07 Å². The highest BCUT2D eigenvalue weighted by molar-refractivity contribution is 5.79. The number of aromatic amines is 1. The lowest BCUT2D eigenvalue weighted by Gasteiger charge is -2.08. The second-order valence-electron chi connectivity index (χ2n) is 3.51. The number of nitrogens with one attached hydrogen (secondary N) is 1. The minimum absolute atomic E-state index is 0.0779. The molecule has 94 valence electrons. The normalized spacial score (nSPS) is 11.6. The van der Waals surface area contributed by atoms with Crippen molar-refractivity contribution in [2.75, 3.05) is 0 Å². The lowest BCUT2D eigenvalue weighted by molar-refractivity contribution is -0.137. The van der Waals surface area contributed by atoms with Crippen LogP contribution in [0.1, 0.15) is 15.9 Å². The maximum absolute atomic E-state index is 13.5.